The smallest absolute Gasteiger partial charge is 0.254 e. The van der Waals surface area contributed by atoms with Crippen LogP contribution in [-0.2, 0) is 6.54 Å². The molecule has 1 amide bonds. The number of ether oxygens (including phenoxy) is 2. The first kappa shape index (κ1) is 23.1. The topological polar surface area (TPSA) is 56.6 Å². The van der Waals surface area contributed by atoms with Gasteiger partial charge in [-0.15, -0.1) is 0 Å². The van der Waals surface area contributed by atoms with Crippen molar-refractivity contribution in [1.29, 1.82) is 0 Å². The van der Waals surface area contributed by atoms with Gasteiger partial charge < -0.3 is 14.4 Å². The highest BCUT2D eigenvalue weighted by Gasteiger charge is 2.24. The zero-order valence-corrected chi connectivity index (χ0v) is 19.8. The highest BCUT2D eigenvalue weighted by molar-refractivity contribution is 5.94. The van der Waals surface area contributed by atoms with E-state index < -0.39 is 0 Å². The summed E-state index contributed by atoms with van der Waals surface area (Å²) in [6.45, 7) is 5.05. The van der Waals surface area contributed by atoms with Gasteiger partial charge in [-0.2, -0.15) is 5.10 Å². The zero-order valence-electron chi connectivity index (χ0n) is 19.8. The predicted octanol–water partition coefficient (Wildman–Crippen LogP) is 6.03. The summed E-state index contributed by atoms with van der Waals surface area (Å²) in [6, 6.07) is 26.7. The second-order valence-corrected chi connectivity index (χ2v) is 7.99. The van der Waals surface area contributed by atoms with Gasteiger partial charge in [0, 0.05) is 12.1 Å². The Labute approximate surface area is 200 Å². The molecule has 0 fully saturated rings. The first-order valence-corrected chi connectivity index (χ1v) is 11.4. The molecule has 0 radical (unpaired) electrons. The van der Waals surface area contributed by atoms with E-state index in [0.717, 1.165) is 29.1 Å². The second-order valence-electron chi connectivity index (χ2n) is 7.99. The molecule has 6 nitrogen and oxygen atoms in total. The number of aromatic nitrogens is 2. The lowest BCUT2D eigenvalue weighted by atomic mass is 10.1. The van der Waals surface area contributed by atoms with Crippen LogP contribution in [0.5, 0.6) is 17.4 Å². The zero-order chi connectivity index (χ0) is 23.9. The Bertz CT molecular complexity index is 1220. The van der Waals surface area contributed by atoms with Gasteiger partial charge in [0.1, 0.15) is 11.5 Å². The molecule has 6 heteroatoms. The van der Waals surface area contributed by atoms with Crippen molar-refractivity contribution in [2.24, 2.45) is 0 Å². The lowest BCUT2D eigenvalue weighted by molar-refractivity contribution is 0.0742. The number of para-hydroxylation sites is 1. The number of nitrogens with zero attached hydrogens (tertiary/aromatic N) is 3. The van der Waals surface area contributed by atoms with E-state index in [-0.39, 0.29) is 5.91 Å². The maximum absolute atomic E-state index is 13.3. The van der Waals surface area contributed by atoms with E-state index in [9.17, 15) is 4.79 Å². The summed E-state index contributed by atoms with van der Waals surface area (Å²) < 4.78 is 13.5. The molecule has 0 unspecified atom stereocenters. The summed E-state index contributed by atoms with van der Waals surface area (Å²) in [4.78, 5) is 15.2. The fraction of sp³-hybridized carbons (Fsp3) is 0.214. The molecule has 0 N–H and O–H groups in total. The minimum absolute atomic E-state index is 0.00953. The van der Waals surface area contributed by atoms with Gasteiger partial charge in [0.15, 0.2) is 0 Å². The average molecular weight is 456 g/mol. The third kappa shape index (κ3) is 5.12. The average Bonchev–Trinajstić information content (AvgIpc) is 3.19. The normalized spacial score (nSPS) is 10.7. The Kier molecular flexibility index (Phi) is 7.28. The Balaban J connectivity index is 1.74. The number of amides is 1. The molecular weight excluding hydrogens is 426 g/mol. The van der Waals surface area contributed by atoms with Gasteiger partial charge in [-0.1, -0.05) is 43.3 Å². The highest BCUT2D eigenvalue weighted by atomic mass is 16.5. The van der Waals surface area contributed by atoms with E-state index in [2.05, 4.69) is 6.92 Å². The van der Waals surface area contributed by atoms with Crippen molar-refractivity contribution in [2.75, 3.05) is 13.7 Å². The van der Waals surface area contributed by atoms with Crippen molar-refractivity contribution >= 4 is 5.91 Å². The van der Waals surface area contributed by atoms with Gasteiger partial charge in [-0.05, 0) is 61.9 Å². The molecular formula is C28H29N3O3. The fourth-order valence-corrected chi connectivity index (χ4v) is 3.80. The predicted molar refractivity (Wildman–Crippen MR) is 133 cm³/mol. The Morgan fingerprint density at radius 3 is 2.15 bits per heavy atom. The summed E-state index contributed by atoms with van der Waals surface area (Å²) in [7, 11) is 1.63. The Morgan fingerprint density at radius 1 is 0.912 bits per heavy atom. The number of methoxy groups -OCH3 is 1. The van der Waals surface area contributed by atoms with Crippen LogP contribution < -0.4 is 9.47 Å². The van der Waals surface area contributed by atoms with Crippen LogP contribution in [0, 0.1) is 6.92 Å². The van der Waals surface area contributed by atoms with E-state index in [0.29, 0.717) is 30.3 Å². The summed E-state index contributed by atoms with van der Waals surface area (Å²) in [5, 5.41) is 4.78. The fourth-order valence-electron chi connectivity index (χ4n) is 3.80. The van der Waals surface area contributed by atoms with Crippen LogP contribution in [0.25, 0.3) is 5.69 Å². The third-order valence-corrected chi connectivity index (χ3v) is 5.56. The molecule has 0 bridgehead atoms. The summed E-state index contributed by atoms with van der Waals surface area (Å²) >= 11 is 0. The Hall–Kier alpha value is -4.06. The monoisotopic (exact) mass is 455 g/mol. The van der Waals surface area contributed by atoms with Crippen molar-refractivity contribution in [1.82, 2.24) is 14.7 Å². The van der Waals surface area contributed by atoms with E-state index in [1.807, 2.05) is 96.8 Å². The molecule has 34 heavy (non-hydrogen) atoms. The molecule has 0 spiro atoms. The first-order chi connectivity index (χ1) is 16.6. The number of benzene rings is 3. The van der Waals surface area contributed by atoms with Crippen molar-refractivity contribution in [3.63, 3.8) is 0 Å². The van der Waals surface area contributed by atoms with Gasteiger partial charge in [0.05, 0.1) is 30.6 Å². The number of hydrogen-bond donors (Lipinski definition) is 0. The molecule has 0 atom stereocenters. The number of hydrogen-bond acceptors (Lipinski definition) is 4. The molecule has 0 aliphatic carbocycles. The largest absolute Gasteiger partial charge is 0.497 e. The van der Waals surface area contributed by atoms with E-state index in [1.54, 1.807) is 11.8 Å². The third-order valence-electron chi connectivity index (χ3n) is 5.56. The van der Waals surface area contributed by atoms with Gasteiger partial charge >= 0.3 is 0 Å². The second kappa shape index (κ2) is 10.7. The summed E-state index contributed by atoms with van der Waals surface area (Å²) in [5.74, 6) is 2.00. The molecule has 0 aliphatic heterocycles. The molecule has 1 aromatic heterocycles. The van der Waals surface area contributed by atoms with Gasteiger partial charge in [-0.3, -0.25) is 4.79 Å². The summed E-state index contributed by atoms with van der Waals surface area (Å²) in [5.41, 5.74) is 3.24. The number of aryl methyl sites for hydroxylation is 1. The SMILES string of the molecule is CCCN(Cc1c(C)nn(-c2ccccc2)c1Oc1ccc(OC)cc1)C(=O)c1ccccc1. The molecule has 174 valence electrons. The number of rotatable bonds is 9. The Morgan fingerprint density at radius 2 is 1.53 bits per heavy atom. The van der Waals surface area contributed by atoms with Crippen LogP contribution in [0.15, 0.2) is 84.9 Å². The molecule has 3 aromatic carbocycles. The first-order valence-electron chi connectivity index (χ1n) is 11.4. The molecule has 1 heterocycles. The number of carbonyl (C=O) groups excluding carboxylic acids is 1. The maximum atomic E-state index is 13.3. The molecule has 0 aliphatic rings. The van der Waals surface area contributed by atoms with Crippen molar-refractivity contribution in [3.8, 4) is 23.1 Å². The lowest BCUT2D eigenvalue weighted by Crippen LogP contribution is -2.31. The molecule has 4 aromatic rings. The van der Waals surface area contributed by atoms with E-state index in [1.165, 1.54) is 0 Å². The van der Waals surface area contributed by atoms with E-state index >= 15 is 0 Å². The van der Waals surface area contributed by atoms with Crippen LogP contribution in [0.2, 0.25) is 0 Å². The van der Waals surface area contributed by atoms with Crippen molar-refractivity contribution < 1.29 is 14.3 Å². The van der Waals surface area contributed by atoms with Crippen LogP contribution in [0.3, 0.4) is 0 Å². The van der Waals surface area contributed by atoms with Crippen LogP contribution in [-0.4, -0.2) is 34.2 Å². The molecule has 0 saturated heterocycles. The molecule has 0 saturated carbocycles. The summed E-state index contributed by atoms with van der Waals surface area (Å²) in [6.07, 6.45) is 0.846. The maximum Gasteiger partial charge on any atom is 0.254 e. The van der Waals surface area contributed by atoms with Gasteiger partial charge in [-0.25, -0.2) is 4.68 Å². The van der Waals surface area contributed by atoms with Crippen LogP contribution in [0.4, 0.5) is 0 Å². The van der Waals surface area contributed by atoms with Crippen molar-refractivity contribution in [3.05, 3.63) is 102 Å². The minimum Gasteiger partial charge on any atom is -0.497 e. The van der Waals surface area contributed by atoms with E-state index in [4.69, 9.17) is 14.6 Å². The van der Waals surface area contributed by atoms with Gasteiger partial charge in [0.2, 0.25) is 5.88 Å². The quantitative estimate of drug-likeness (QED) is 0.309. The van der Waals surface area contributed by atoms with Crippen LogP contribution in [0.1, 0.15) is 35.0 Å². The molecule has 4 rings (SSSR count). The van der Waals surface area contributed by atoms with Gasteiger partial charge in [0.25, 0.3) is 5.91 Å². The minimum atomic E-state index is -0.00953. The standard InChI is InChI=1S/C28H29N3O3/c1-4-19-30(27(32)22-11-7-5-8-12-22)20-26-21(2)29-31(23-13-9-6-10-14-23)28(26)34-25-17-15-24(33-3)16-18-25/h5-18H,4,19-20H2,1-3H3. The van der Waals surface area contributed by atoms with Crippen LogP contribution >= 0.6 is 0 Å². The number of carbonyl (C=O) groups is 1. The van der Waals surface area contributed by atoms with Crippen molar-refractivity contribution in [2.45, 2.75) is 26.8 Å². The highest BCUT2D eigenvalue weighted by Crippen LogP contribution is 2.32. The lowest BCUT2D eigenvalue weighted by Gasteiger charge is -2.23.